The van der Waals surface area contributed by atoms with Gasteiger partial charge in [0.2, 0.25) is 0 Å². The Morgan fingerprint density at radius 1 is 1.19 bits per heavy atom. The van der Waals surface area contributed by atoms with Crippen LogP contribution in [0.5, 0.6) is 0 Å². The Balaban J connectivity index is 2.15. The summed E-state index contributed by atoms with van der Waals surface area (Å²) in [5, 5.41) is 2.50. The maximum Gasteiger partial charge on any atom is 0.416 e. The van der Waals surface area contributed by atoms with Crippen LogP contribution in [0.15, 0.2) is 42.5 Å². The van der Waals surface area contributed by atoms with Gasteiger partial charge >= 0.3 is 6.18 Å². The van der Waals surface area contributed by atoms with E-state index in [1.54, 1.807) is 24.3 Å². The van der Waals surface area contributed by atoms with E-state index < -0.39 is 17.6 Å². The van der Waals surface area contributed by atoms with Gasteiger partial charge in [0.1, 0.15) is 0 Å². The highest BCUT2D eigenvalue weighted by Gasteiger charge is 2.31. The van der Waals surface area contributed by atoms with Gasteiger partial charge in [-0.15, -0.1) is 0 Å². The fourth-order valence-corrected chi connectivity index (χ4v) is 1.90. The summed E-state index contributed by atoms with van der Waals surface area (Å²) < 4.78 is 37.9. The molecule has 0 saturated heterocycles. The van der Waals surface area contributed by atoms with Crippen LogP contribution in [0.1, 0.15) is 21.5 Å². The lowest BCUT2D eigenvalue weighted by atomic mass is 10.1. The number of nitrogens with one attached hydrogen (secondary N) is 1. The van der Waals surface area contributed by atoms with Gasteiger partial charge in [-0.2, -0.15) is 13.2 Å². The lowest BCUT2D eigenvalue weighted by Gasteiger charge is -2.11. The molecule has 0 bridgehead atoms. The minimum absolute atomic E-state index is 0.0260. The monoisotopic (exact) mass is 312 g/mol. The van der Waals surface area contributed by atoms with E-state index in [2.05, 4.69) is 11.4 Å². The molecule has 2 aromatic rings. The highest BCUT2D eigenvalue weighted by atomic mass is 35.5. The zero-order chi connectivity index (χ0) is 15.5. The molecule has 0 aliphatic rings. The van der Waals surface area contributed by atoms with Gasteiger partial charge in [0.15, 0.2) is 0 Å². The molecule has 0 atom stereocenters. The topological polar surface area (TPSA) is 29.1 Å². The van der Waals surface area contributed by atoms with Crippen molar-refractivity contribution in [2.45, 2.75) is 12.7 Å². The van der Waals surface area contributed by atoms with Crippen molar-refractivity contribution in [1.29, 1.82) is 0 Å². The third-order valence-electron chi connectivity index (χ3n) is 2.78. The van der Waals surface area contributed by atoms with E-state index >= 15 is 0 Å². The highest BCUT2D eigenvalue weighted by molar-refractivity contribution is 6.33. The largest absolute Gasteiger partial charge is 0.416 e. The first kappa shape index (κ1) is 15.4. The second-order valence-electron chi connectivity index (χ2n) is 4.28. The maximum atomic E-state index is 12.6. The Bertz CT molecular complexity index is 641. The quantitative estimate of drug-likeness (QED) is 0.908. The first-order valence-corrected chi connectivity index (χ1v) is 6.35. The molecule has 21 heavy (non-hydrogen) atoms. The summed E-state index contributed by atoms with van der Waals surface area (Å²) in [6.45, 7) is 0.195. The number of hydrogen-bond acceptors (Lipinski definition) is 1. The van der Waals surface area contributed by atoms with Gasteiger partial charge in [-0.1, -0.05) is 35.9 Å². The van der Waals surface area contributed by atoms with Crippen LogP contribution in [0, 0.1) is 6.07 Å². The highest BCUT2D eigenvalue weighted by Crippen LogP contribution is 2.31. The molecule has 0 aliphatic carbocycles. The molecule has 0 unspecified atom stereocenters. The normalized spacial score (nSPS) is 11.2. The number of hydrogen-bond donors (Lipinski definition) is 1. The van der Waals surface area contributed by atoms with Crippen LogP contribution in [0.25, 0.3) is 0 Å². The summed E-state index contributed by atoms with van der Waals surface area (Å²) in [5.74, 6) is -0.654. The molecular weight excluding hydrogens is 303 g/mol. The van der Waals surface area contributed by atoms with Crippen molar-refractivity contribution in [2.75, 3.05) is 0 Å². The van der Waals surface area contributed by atoms with Crippen molar-refractivity contribution in [3.05, 3.63) is 70.2 Å². The molecular formula is C15H10ClF3NO. The van der Waals surface area contributed by atoms with E-state index in [9.17, 15) is 18.0 Å². The summed E-state index contributed by atoms with van der Waals surface area (Å²) in [6, 6.07) is 12.3. The zero-order valence-electron chi connectivity index (χ0n) is 10.7. The van der Waals surface area contributed by atoms with Gasteiger partial charge in [-0.25, -0.2) is 0 Å². The van der Waals surface area contributed by atoms with E-state index in [1.165, 1.54) is 0 Å². The molecule has 2 aromatic carbocycles. The van der Waals surface area contributed by atoms with Crippen LogP contribution in [0.3, 0.4) is 0 Å². The molecule has 0 saturated carbocycles. The Kier molecular flexibility index (Phi) is 4.53. The fourth-order valence-electron chi connectivity index (χ4n) is 1.69. The van der Waals surface area contributed by atoms with Crippen molar-refractivity contribution in [1.82, 2.24) is 5.32 Å². The molecule has 109 valence electrons. The number of benzene rings is 2. The minimum Gasteiger partial charge on any atom is -0.348 e. The van der Waals surface area contributed by atoms with Crippen molar-refractivity contribution in [3.63, 3.8) is 0 Å². The predicted molar refractivity (Wildman–Crippen MR) is 72.9 cm³/mol. The van der Waals surface area contributed by atoms with Gasteiger partial charge < -0.3 is 5.32 Å². The van der Waals surface area contributed by atoms with Crippen LogP contribution in [-0.2, 0) is 12.7 Å². The lowest BCUT2D eigenvalue weighted by Crippen LogP contribution is -2.23. The minimum atomic E-state index is -4.52. The Hall–Kier alpha value is -2.01. The number of carbonyl (C=O) groups excluding carboxylic acids is 1. The molecule has 1 N–H and O–H groups in total. The first-order valence-electron chi connectivity index (χ1n) is 5.98. The Morgan fingerprint density at radius 2 is 1.86 bits per heavy atom. The molecule has 0 heterocycles. The summed E-state index contributed by atoms with van der Waals surface area (Å²) in [7, 11) is 0. The smallest absolute Gasteiger partial charge is 0.348 e. The third-order valence-corrected chi connectivity index (χ3v) is 3.11. The fraction of sp³-hybridized carbons (Fsp3) is 0.133. The molecule has 6 heteroatoms. The van der Waals surface area contributed by atoms with E-state index in [-0.39, 0.29) is 17.1 Å². The second-order valence-corrected chi connectivity index (χ2v) is 4.69. The predicted octanol–water partition coefficient (Wildman–Crippen LogP) is 4.09. The van der Waals surface area contributed by atoms with E-state index in [4.69, 9.17) is 11.6 Å². The summed E-state index contributed by atoms with van der Waals surface area (Å²) in [4.78, 5) is 11.9. The molecule has 2 nitrogen and oxygen atoms in total. The van der Waals surface area contributed by atoms with Crippen LogP contribution in [0.2, 0.25) is 5.02 Å². The lowest BCUT2D eigenvalue weighted by molar-refractivity contribution is -0.137. The summed E-state index contributed by atoms with van der Waals surface area (Å²) in [6.07, 6.45) is -4.52. The molecule has 0 aromatic heterocycles. The molecule has 1 amide bonds. The third kappa shape index (κ3) is 3.98. The van der Waals surface area contributed by atoms with Crippen molar-refractivity contribution < 1.29 is 18.0 Å². The standard InChI is InChI=1S/C15H10ClF3NO/c16-13-7-6-11(15(17,18)19)8-12(13)14(21)20-9-10-4-2-1-3-5-10/h2-8H,9H2,(H,20,21). The van der Waals surface area contributed by atoms with E-state index in [1.807, 2.05) is 0 Å². The number of rotatable bonds is 3. The van der Waals surface area contributed by atoms with Crippen molar-refractivity contribution in [2.24, 2.45) is 0 Å². The summed E-state index contributed by atoms with van der Waals surface area (Å²) >= 11 is 5.79. The molecule has 1 radical (unpaired) electrons. The Morgan fingerprint density at radius 3 is 2.48 bits per heavy atom. The van der Waals surface area contributed by atoms with Gasteiger partial charge in [-0.3, -0.25) is 4.79 Å². The number of halogens is 4. The SMILES string of the molecule is O=C(NCc1cc[c]cc1)c1cc(C(F)(F)F)ccc1Cl. The maximum absolute atomic E-state index is 12.6. The van der Waals surface area contributed by atoms with Crippen LogP contribution >= 0.6 is 11.6 Å². The van der Waals surface area contributed by atoms with Gasteiger partial charge in [0, 0.05) is 6.54 Å². The number of alkyl halides is 3. The average Bonchev–Trinajstić information content (AvgIpc) is 2.45. The van der Waals surface area contributed by atoms with Crippen molar-refractivity contribution in [3.8, 4) is 0 Å². The average molecular weight is 313 g/mol. The van der Waals surface area contributed by atoms with Crippen LogP contribution in [-0.4, -0.2) is 5.91 Å². The van der Waals surface area contributed by atoms with Crippen molar-refractivity contribution >= 4 is 17.5 Å². The number of amides is 1. The second kappa shape index (κ2) is 6.18. The molecule has 0 fully saturated rings. The first-order chi connectivity index (χ1) is 9.88. The van der Waals surface area contributed by atoms with Crippen LogP contribution < -0.4 is 5.32 Å². The van der Waals surface area contributed by atoms with Crippen LogP contribution in [0.4, 0.5) is 13.2 Å². The Labute approximate surface area is 124 Å². The number of carbonyl (C=O) groups is 1. The van der Waals surface area contributed by atoms with E-state index in [0.717, 1.165) is 23.8 Å². The zero-order valence-corrected chi connectivity index (χ0v) is 11.4. The summed E-state index contributed by atoms with van der Waals surface area (Å²) in [5.41, 5.74) is -0.300. The van der Waals surface area contributed by atoms with Gasteiger partial charge in [-0.05, 0) is 29.8 Å². The molecule has 2 rings (SSSR count). The van der Waals surface area contributed by atoms with Gasteiger partial charge in [0.05, 0.1) is 16.1 Å². The molecule has 0 spiro atoms. The van der Waals surface area contributed by atoms with Gasteiger partial charge in [0.25, 0.3) is 5.91 Å². The van der Waals surface area contributed by atoms with E-state index in [0.29, 0.717) is 0 Å². The molecule has 0 aliphatic heterocycles.